The minimum atomic E-state index is 1.14. The Labute approximate surface area is 431 Å². The van der Waals surface area contributed by atoms with Crippen LogP contribution in [0.3, 0.4) is 0 Å². The van der Waals surface area contributed by atoms with Crippen LogP contribution in [-0.4, -0.2) is 9.13 Å². The molecule has 0 aliphatic rings. The van der Waals surface area contributed by atoms with Crippen molar-refractivity contribution in [3.63, 3.8) is 0 Å². The summed E-state index contributed by atoms with van der Waals surface area (Å²) < 4.78 is 4.84. The molecule has 346 valence electrons. The summed E-state index contributed by atoms with van der Waals surface area (Å²) in [7, 11) is 0. The zero-order chi connectivity index (χ0) is 49.0. The van der Waals surface area contributed by atoms with E-state index in [1.807, 2.05) is 0 Å². The summed E-state index contributed by atoms with van der Waals surface area (Å²) in [6.07, 6.45) is 0. The minimum absolute atomic E-state index is 1.14. The molecule has 74 heavy (non-hydrogen) atoms. The number of benzene rings is 12. The zero-order valence-corrected chi connectivity index (χ0v) is 40.6. The van der Waals surface area contributed by atoms with E-state index in [-0.39, 0.29) is 0 Å². The van der Waals surface area contributed by atoms with Gasteiger partial charge in [-0.2, -0.15) is 0 Å². The third-order valence-corrected chi connectivity index (χ3v) is 14.9. The van der Waals surface area contributed by atoms with Gasteiger partial charge in [0.15, 0.2) is 0 Å². The molecule has 12 aromatic carbocycles. The predicted molar refractivity (Wildman–Crippen MR) is 313 cm³/mol. The zero-order valence-electron chi connectivity index (χ0n) is 40.6. The van der Waals surface area contributed by atoms with Gasteiger partial charge in [-0.1, -0.05) is 206 Å². The van der Waals surface area contributed by atoms with Crippen molar-refractivity contribution < 1.29 is 0 Å². The van der Waals surface area contributed by atoms with Crippen LogP contribution in [0.5, 0.6) is 0 Å². The van der Waals surface area contributed by atoms with Gasteiger partial charge in [-0.15, -0.1) is 0 Å². The van der Waals surface area contributed by atoms with E-state index in [0.717, 1.165) is 11.4 Å². The van der Waals surface area contributed by atoms with Gasteiger partial charge in [0.1, 0.15) is 0 Å². The summed E-state index contributed by atoms with van der Waals surface area (Å²) in [5.41, 5.74) is 23.9. The largest absolute Gasteiger partial charge is 0.309 e. The fourth-order valence-corrected chi connectivity index (χ4v) is 11.3. The van der Waals surface area contributed by atoms with E-state index in [4.69, 9.17) is 0 Å². The average Bonchev–Trinajstić information content (AvgIpc) is 4.02. The molecule has 0 fully saturated rings. The molecule has 2 nitrogen and oxygen atoms in total. The molecular weight excluding hydrogens is 893 g/mol. The van der Waals surface area contributed by atoms with Crippen molar-refractivity contribution in [2.45, 2.75) is 0 Å². The van der Waals surface area contributed by atoms with Gasteiger partial charge in [0, 0.05) is 32.9 Å². The van der Waals surface area contributed by atoms with Crippen LogP contribution < -0.4 is 0 Å². The third-order valence-electron chi connectivity index (χ3n) is 14.9. The van der Waals surface area contributed by atoms with Crippen molar-refractivity contribution in [2.24, 2.45) is 0 Å². The Morgan fingerprint density at radius 3 is 0.865 bits per heavy atom. The smallest absolute Gasteiger partial charge is 0.0541 e. The molecule has 0 amide bonds. The van der Waals surface area contributed by atoms with Crippen molar-refractivity contribution in [2.75, 3.05) is 0 Å². The molecule has 0 unspecified atom stereocenters. The fourth-order valence-electron chi connectivity index (χ4n) is 11.3. The molecule has 0 saturated heterocycles. The van der Waals surface area contributed by atoms with Crippen molar-refractivity contribution in [1.29, 1.82) is 0 Å². The number of fused-ring (bicyclic) bond motifs is 6. The maximum Gasteiger partial charge on any atom is 0.0541 e. The van der Waals surface area contributed by atoms with Gasteiger partial charge in [-0.25, -0.2) is 0 Å². The average molecular weight is 941 g/mol. The van der Waals surface area contributed by atoms with Crippen LogP contribution >= 0.6 is 0 Å². The molecule has 0 saturated carbocycles. The first-order valence-electron chi connectivity index (χ1n) is 25.5. The van der Waals surface area contributed by atoms with Gasteiger partial charge in [0.05, 0.1) is 22.1 Å². The molecule has 0 atom stereocenters. The van der Waals surface area contributed by atoms with Crippen LogP contribution in [0, 0.1) is 0 Å². The maximum atomic E-state index is 2.43. The van der Waals surface area contributed by atoms with Gasteiger partial charge in [0.2, 0.25) is 0 Å². The Bertz CT molecular complexity index is 4400. The number of para-hydroxylation sites is 2. The summed E-state index contributed by atoms with van der Waals surface area (Å²) in [4.78, 5) is 0. The monoisotopic (exact) mass is 940 g/mol. The first-order chi connectivity index (χ1) is 36.7. The van der Waals surface area contributed by atoms with Gasteiger partial charge < -0.3 is 9.13 Å². The van der Waals surface area contributed by atoms with E-state index in [0.29, 0.717) is 0 Å². The third kappa shape index (κ3) is 7.69. The predicted octanol–water partition coefficient (Wildman–Crippen LogP) is 19.5. The van der Waals surface area contributed by atoms with Crippen molar-refractivity contribution in [3.05, 3.63) is 291 Å². The number of aromatic nitrogens is 2. The Kier molecular flexibility index (Phi) is 10.6. The van der Waals surface area contributed by atoms with Crippen molar-refractivity contribution in [3.8, 4) is 89.3 Å². The second kappa shape index (κ2) is 18.1. The standard InChI is InChI=1S/C72H48N2/c1-3-16-49(17-4-1)52-20-11-23-55(42-52)57-25-13-22-54(44-57)51-34-38-63(39-35-51)73-69-32-9-7-30-65(69)67-47-61(36-40-71(67)73)62-37-41-72-68(48-62)66-31-8-10-33-70(66)74(72)64-29-15-28-60(46-64)59-27-14-26-58(45-59)56-24-12-21-53(43-56)50-18-5-2-6-19-50/h1-48H. The highest BCUT2D eigenvalue weighted by Crippen LogP contribution is 2.40. The van der Waals surface area contributed by atoms with E-state index in [1.54, 1.807) is 0 Å². The van der Waals surface area contributed by atoms with Crippen LogP contribution in [0.4, 0.5) is 0 Å². The van der Waals surface area contributed by atoms with E-state index in [9.17, 15) is 0 Å². The van der Waals surface area contributed by atoms with Gasteiger partial charge in [0.25, 0.3) is 0 Å². The molecule has 0 N–H and O–H groups in total. The van der Waals surface area contributed by atoms with E-state index in [1.165, 1.54) is 122 Å². The molecule has 0 aliphatic heterocycles. The fraction of sp³-hybridized carbons (Fsp3) is 0. The molecule has 0 spiro atoms. The Morgan fingerprint density at radius 2 is 0.432 bits per heavy atom. The lowest BCUT2D eigenvalue weighted by Gasteiger charge is -2.12. The first-order valence-corrected chi connectivity index (χ1v) is 25.5. The minimum Gasteiger partial charge on any atom is -0.309 e. The summed E-state index contributed by atoms with van der Waals surface area (Å²) in [5, 5.41) is 4.94. The lowest BCUT2D eigenvalue weighted by molar-refractivity contribution is 1.18. The van der Waals surface area contributed by atoms with E-state index >= 15 is 0 Å². The number of rotatable bonds is 9. The quantitative estimate of drug-likeness (QED) is 0.136. The molecule has 2 heterocycles. The van der Waals surface area contributed by atoms with Crippen molar-refractivity contribution >= 4 is 43.6 Å². The molecule has 2 heteroatoms. The Balaban J connectivity index is 0.787. The normalized spacial score (nSPS) is 11.5. The van der Waals surface area contributed by atoms with E-state index in [2.05, 4.69) is 300 Å². The number of nitrogens with zero attached hydrogens (tertiary/aromatic N) is 2. The molecule has 0 radical (unpaired) electrons. The number of hydrogen-bond acceptors (Lipinski definition) is 0. The lowest BCUT2D eigenvalue weighted by Crippen LogP contribution is -1.94. The van der Waals surface area contributed by atoms with Gasteiger partial charge in [-0.3, -0.25) is 0 Å². The summed E-state index contributed by atoms with van der Waals surface area (Å²) in [5.74, 6) is 0. The van der Waals surface area contributed by atoms with E-state index < -0.39 is 0 Å². The highest BCUT2D eigenvalue weighted by molar-refractivity contribution is 6.13. The van der Waals surface area contributed by atoms with Crippen molar-refractivity contribution in [1.82, 2.24) is 9.13 Å². The van der Waals surface area contributed by atoms with Crippen LogP contribution in [0.25, 0.3) is 133 Å². The van der Waals surface area contributed by atoms with Crippen LogP contribution in [0.2, 0.25) is 0 Å². The molecule has 0 bridgehead atoms. The first kappa shape index (κ1) is 43.1. The van der Waals surface area contributed by atoms with Gasteiger partial charge >= 0.3 is 0 Å². The SMILES string of the molecule is c1ccc(-c2cccc(-c3cccc(-c4ccc(-n5c6ccccc6c6cc(-c7ccc8c(c7)c7ccccc7n8-c7cccc(-c8cccc(-c9cccc(-c%10ccccc%10)c9)c8)c7)ccc65)cc4)c3)c2)cc1. The Morgan fingerprint density at radius 1 is 0.149 bits per heavy atom. The molecule has 14 aromatic rings. The highest BCUT2D eigenvalue weighted by Gasteiger charge is 2.17. The van der Waals surface area contributed by atoms with Crippen LogP contribution in [0.1, 0.15) is 0 Å². The molecule has 14 rings (SSSR count). The lowest BCUT2D eigenvalue weighted by atomic mass is 9.96. The summed E-state index contributed by atoms with van der Waals surface area (Å²) in [6, 6.07) is 106. The molecular formula is C72H48N2. The Hall–Kier alpha value is -9.76. The number of hydrogen-bond donors (Lipinski definition) is 0. The maximum absolute atomic E-state index is 2.43. The topological polar surface area (TPSA) is 9.86 Å². The van der Waals surface area contributed by atoms with Gasteiger partial charge in [-0.05, 0) is 163 Å². The molecule has 0 aliphatic carbocycles. The molecule has 2 aromatic heterocycles. The second-order valence-electron chi connectivity index (χ2n) is 19.3. The van der Waals surface area contributed by atoms with Crippen LogP contribution in [0.15, 0.2) is 291 Å². The highest BCUT2D eigenvalue weighted by atomic mass is 15.0. The summed E-state index contributed by atoms with van der Waals surface area (Å²) in [6.45, 7) is 0. The van der Waals surface area contributed by atoms with Crippen LogP contribution in [-0.2, 0) is 0 Å². The summed E-state index contributed by atoms with van der Waals surface area (Å²) >= 11 is 0. The second-order valence-corrected chi connectivity index (χ2v) is 19.3.